The van der Waals surface area contributed by atoms with Gasteiger partial charge in [0.2, 0.25) is 0 Å². The Hall–Kier alpha value is -0.990. The summed E-state index contributed by atoms with van der Waals surface area (Å²) < 4.78 is 23.4. The number of ether oxygens (including phenoxy) is 4. The quantitative estimate of drug-likeness (QED) is 0.549. The van der Waals surface area contributed by atoms with Crippen LogP contribution in [0.4, 0.5) is 0 Å². The van der Waals surface area contributed by atoms with Gasteiger partial charge in [0.1, 0.15) is 5.60 Å². The first-order valence-corrected chi connectivity index (χ1v) is 9.08. The molecule has 2 saturated carbocycles. The summed E-state index contributed by atoms with van der Waals surface area (Å²) in [7, 11) is 1.29. The molecule has 2 aliphatic carbocycles. The first-order chi connectivity index (χ1) is 11.9. The van der Waals surface area contributed by atoms with E-state index < -0.39 is 58.5 Å². The third-order valence-corrected chi connectivity index (χ3v) is 7.27. The third kappa shape index (κ3) is 1.79. The normalized spacial score (nSPS) is 53.9. The molecule has 4 aliphatic rings. The molecule has 146 valence electrons. The minimum absolute atomic E-state index is 0.193. The number of hydrogen-bond acceptors (Lipinski definition) is 7. The molecule has 1 spiro atoms. The van der Waals surface area contributed by atoms with Crippen LogP contribution in [0.3, 0.4) is 0 Å². The molecule has 0 radical (unpaired) electrons. The lowest BCUT2D eigenvalue weighted by atomic mass is 9.52. The molecule has 26 heavy (non-hydrogen) atoms. The van der Waals surface area contributed by atoms with Crippen molar-refractivity contribution in [2.45, 2.75) is 69.4 Å². The SMILES string of the molecule is C=C(C)[C@@H]1[C@H](O)[C@H]2OC[C@@]34OC(C)(C)O[C@@H]3C[C@@](O)([C@H]1C(=O)OC)[C@@]24C. The van der Waals surface area contributed by atoms with Crippen molar-refractivity contribution in [2.24, 2.45) is 17.3 Å². The highest BCUT2D eigenvalue weighted by Gasteiger charge is 2.86. The summed E-state index contributed by atoms with van der Waals surface area (Å²) in [5.74, 6) is -3.04. The molecule has 0 aromatic carbocycles. The molecule has 4 rings (SSSR count). The zero-order valence-electron chi connectivity index (χ0n) is 15.9. The summed E-state index contributed by atoms with van der Waals surface area (Å²) in [5.41, 5.74) is -2.86. The van der Waals surface area contributed by atoms with Gasteiger partial charge in [-0.05, 0) is 20.8 Å². The van der Waals surface area contributed by atoms with E-state index in [-0.39, 0.29) is 13.0 Å². The van der Waals surface area contributed by atoms with Crippen LogP contribution in [-0.2, 0) is 23.7 Å². The lowest BCUT2D eigenvalue weighted by molar-refractivity contribution is -0.262. The molecule has 2 aliphatic heterocycles. The van der Waals surface area contributed by atoms with Gasteiger partial charge in [0.05, 0.1) is 49.0 Å². The van der Waals surface area contributed by atoms with Crippen molar-refractivity contribution in [1.82, 2.24) is 0 Å². The largest absolute Gasteiger partial charge is 0.469 e. The number of aliphatic hydroxyl groups is 2. The first kappa shape index (κ1) is 18.4. The zero-order chi connectivity index (χ0) is 19.3. The molecule has 0 bridgehead atoms. The van der Waals surface area contributed by atoms with E-state index in [0.717, 1.165) is 0 Å². The molecular formula is C19H28O7. The maximum absolute atomic E-state index is 12.7. The first-order valence-electron chi connectivity index (χ1n) is 9.08. The van der Waals surface area contributed by atoms with Crippen LogP contribution >= 0.6 is 0 Å². The van der Waals surface area contributed by atoms with Crippen LogP contribution in [0.5, 0.6) is 0 Å². The number of esters is 1. The second-order valence-corrected chi connectivity index (χ2v) is 8.92. The Bertz CT molecular complexity index is 675. The van der Waals surface area contributed by atoms with Crippen molar-refractivity contribution >= 4 is 5.97 Å². The highest BCUT2D eigenvalue weighted by molar-refractivity contribution is 5.76. The summed E-state index contributed by atoms with van der Waals surface area (Å²) >= 11 is 0. The smallest absolute Gasteiger partial charge is 0.312 e. The van der Waals surface area contributed by atoms with Crippen LogP contribution in [0.1, 0.15) is 34.1 Å². The Morgan fingerprint density at radius 2 is 1.96 bits per heavy atom. The standard InChI is InChI=1S/C19H28O7/c1-9(2)11-12(15(21)23-6)18(22)7-10-19(26-16(3,4)25-10)8-24-14(13(11)20)17(18,19)5/h10-14,20,22H,1,7-8H2,2-6H3/t10-,11+,12-,13+,14-,17-,18-,19-/m1/s1. The molecule has 7 nitrogen and oxygen atoms in total. The van der Waals surface area contributed by atoms with Gasteiger partial charge in [-0.2, -0.15) is 0 Å². The van der Waals surface area contributed by atoms with Gasteiger partial charge in [-0.3, -0.25) is 4.79 Å². The van der Waals surface area contributed by atoms with Crippen molar-refractivity contribution in [3.05, 3.63) is 12.2 Å². The number of aliphatic hydroxyl groups excluding tert-OH is 1. The highest BCUT2D eigenvalue weighted by atomic mass is 16.8. The maximum Gasteiger partial charge on any atom is 0.312 e. The van der Waals surface area contributed by atoms with Gasteiger partial charge in [0.25, 0.3) is 0 Å². The Morgan fingerprint density at radius 3 is 2.54 bits per heavy atom. The molecule has 8 atom stereocenters. The van der Waals surface area contributed by atoms with E-state index in [1.54, 1.807) is 6.92 Å². The van der Waals surface area contributed by atoms with Crippen LogP contribution in [0.2, 0.25) is 0 Å². The Morgan fingerprint density at radius 1 is 1.31 bits per heavy atom. The van der Waals surface area contributed by atoms with Crippen molar-refractivity contribution in [3.8, 4) is 0 Å². The van der Waals surface area contributed by atoms with Crippen LogP contribution in [0, 0.1) is 17.3 Å². The number of hydrogen-bond donors (Lipinski definition) is 2. The van der Waals surface area contributed by atoms with E-state index >= 15 is 0 Å². The third-order valence-electron chi connectivity index (χ3n) is 7.27. The van der Waals surface area contributed by atoms with Gasteiger partial charge < -0.3 is 29.2 Å². The predicted molar refractivity (Wildman–Crippen MR) is 90.0 cm³/mol. The van der Waals surface area contributed by atoms with Crippen molar-refractivity contribution in [2.75, 3.05) is 13.7 Å². The fraction of sp³-hybridized carbons (Fsp3) is 0.842. The van der Waals surface area contributed by atoms with Crippen LogP contribution in [-0.4, -0.2) is 65.2 Å². The van der Waals surface area contributed by atoms with Gasteiger partial charge >= 0.3 is 5.97 Å². The maximum atomic E-state index is 12.7. The minimum atomic E-state index is -1.51. The fourth-order valence-electron chi connectivity index (χ4n) is 6.23. The van der Waals surface area contributed by atoms with E-state index in [0.29, 0.717) is 5.57 Å². The summed E-state index contributed by atoms with van der Waals surface area (Å²) in [6.07, 6.45) is -1.94. The van der Waals surface area contributed by atoms with Crippen LogP contribution < -0.4 is 0 Å². The van der Waals surface area contributed by atoms with Crippen LogP contribution in [0.25, 0.3) is 0 Å². The summed E-state index contributed by atoms with van der Waals surface area (Å²) in [5, 5.41) is 23.0. The monoisotopic (exact) mass is 368 g/mol. The summed E-state index contributed by atoms with van der Waals surface area (Å²) in [4.78, 5) is 12.7. The Kier molecular flexibility index (Phi) is 3.59. The van der Waals surface area contributed by atoms with Gasteiger partial charge in [0, 0.05) is 12.3 Å². The van der Waals surface area contributed by atoms with E-state index in [2.05, 4.69) is 6.58 Å². The summed E-state index contributed by atoms with van der Waals surface area (Å²) in [6, 6.07) is 0. The Balaban J connectivity index is 1.91. The van der Waals surface area contributed by atoms with Crippen LogP contribution in [0.15, 0.2) is 12.2 Å². The molecule has 0 aromatic heterocycles. The highest BCUT2D eigenvalue weighted by Crippen LogP contribution is 2.71. The van der Waals surface area contributed by atoms with Crippen molar-refractivity contribution in [1.29, 1.82) is 0 Å². The number of methoxy groups -OCH3 is 1. The second kappa shape index (κ2) is 5.08. The zero-order valence-corrected chi connectivity index (χ0v) is 15.9. The van der Waals surface area contributed by atoms with Gasteiger partial charge in [-0.25, -0.2) is 0 Å². The molecule has 4 fully saturated rings. The molecule has 0 aromatic rings. The van der Waals surface area contributed by atoms with E-state index in [9.17, 15) is 15.0 Å². The average molecular weight is 368 g/mol. The van der Waals surface area contributed by atoms with Gasteiger partial charge in [-0.1, -0.05) is 19.1 Å². The lowest BCUT2D eigenvalue weighted by Gasteiger charge is -2.56. The number of carbonyl (C=O) groups is 1. The molecule has 7 heteroatoms. The van der Waals surface area contributed by atoms with Gasteiger partial charge in [0.15, 0.2) is 5.79 Å². The van der Waals surface area contributed by atoms with Crippen molar-refractivity contribution in [3.63, 3.8) is 0 Å². The van der Waals surface area contributed by atoms with E-state index in [1.165, 1.54) is 7.11 Å². The van der Waals surface area contributed by atoms with Gasteiger partial charge in [-0.15, -0.1) is 0 Å². The van der Waals surface area contributed by atoms with E-state index in [4.69, 9.17) is 18.9 Å². The topological polar surface area (TPSA) is 94.5 Å². The predicted octanol–water partition coefficient (Wildman–Crippen LogP) is 0.773. The summed E-state index contributed by atoms with van der Waals surface area (Å²) in [6.45, 7) is 11.4. The average Bonchev–Trinajstić information content (AvgIpc) is 3.03. The number of rotatable bonds is 2. The lowest BCUT2D eigenvalue weighted by Crippen LogP contribution is -2.71. The number of carbonyl (C=O) groups excluding carboxylic acids is 1. The molecule has 2 heterocycles. The minimum Gasteiger partial charge on any atom is -0.469 e. The Labute approximate surface area is 153 Å². The molecular weight excluding hydrogens is 340 g/mol. The van der Waals surface area contributed by atoms with Crippen molar-refractivity contribution < 1.29 is 34.0 Å². The molecule has 0 unspecified atom stereocenters. The van der Waals surface area contributed by atoms with E-state index in [1.807, 2.05) is 20.8 Å². The molecule has 2 saturated heterocycles. The second-order valence-electron chi connectivity index (χ2n) is 8.92. The molecule has 2 N–H and O–H groups in total. The molecule has 0 amide bonds. The fourth-order valence-corrected chi connectivity index (χ4v) is 6.23.